The van der Waals surface area contributed by atoms with Crippen LogP contribution in [0.25, 0.3) is 0 Å². The Morgan fingerprint density at radius 2 is 0.846 bits per heavy atom. The minimum absolute atomic E-state index is 0.234. The number of quaternary nitrogens is 2. The average molecular weight is 375 g/mol. The van der Waals surface area contributed by atoms with Crippen molar-refractivity contribution in [2.24, 2.45) is 10.8 Å². The fourth-order valence-electron chi connectivity index (χ4n) is 3.01. The van der Waals surface area contributed by atoms with Crippen molar-refractivity contribution in [2.75, 3.05) is 0 Å². The van der Waals surface area contributed by atoms with Gasteiger partial charge in [-0.1, -0.05) is 41.5 Å². The minimum atomic E-state index is -1.55. The molecule has 0 aromatic heterocycles. The van der Waals surface area contributed by atoms with Crippen molar-refractivity contribution in [3.63, 3.8) is 0 Å². The van der Waals surface area contributed by atoms with Crippen LogP contribution in [0.5, 0.6) is 0 Å². The van der Waals surface area contributed by atoms with Gasteiger partial charge >= 0.3 is 0 Å². The van der Waals surface area contributed by atoms with Crippen molar-refractivity contribution in [1.82, 2.24) is 0 Å². The largest absolute Gasteiger partial charge is 0.545 e. The molecule has 0 unspecified atom stereocenters. The van der Waals surface area contributed by atoms with Gasteiger partial charge in [-0.25, -0.2) is 0 Å². The number of rotatable bonds is 4. The van der Waals surface area contributed by atoms with E-state index in [0.29, 0.717) is 23.0 Å². The first-order chi connectivity index (χ1) is 11.0. The molecule has 0 aromatic carbocycles. The first kappa shape index (κ1) is 29.4. The maximum Gasteiger partial charge on any atom is 0.0894 e. The number of carboxylic acid groups (broad SMARTS) is 2. The normalized spacial score (nSPS) is 12.6. The van der Waals surface area contributed by atoms with Crippen LogP contribution in [0.3, 0.4) is 0 Å². The second kappa shape index (κ2) is 11.3. The Bertz CT molecular complexity index is 376. The SMILES string of the molecule is CC(C)(C)CC(C)(C)[NH3+].CC(C)(C)CC(C)(C)[NH3+].O=C([O-])/C=C/C(=O)[O-]. The predicted molar refractivity (Wildman–Crippen MR) is 101 cm³/mol. The third-order valence-electron chi connectivity index (χ3n) is 2.37. The average Bonchev–Trinajstić information content (AvgIpc) is 2.16. The molecule has 0 saturated carbocycles. The second-order valence-corrected chi connectivity index (χ2v) is 10.8. The van der Waals surface area contributed by atoms with Crippen molar-refractivity contribution in [3.8, 4) is 0 Å². The first-order valence-electron chi connectivity index (χ1n) is 8.85. The van der Waals surface area contributed by atoms with Gasteiger partial charge in [-0.15, -0.1) is 0 Å². The van der Waals surface area contributed by atoms with E-state index in [0.717, 1.165) is 0 Å². The van der Waals surface area contributed by atoms with Crippen molar-refractivity contribution in [2.45, 2.75) is 93.2 Å². The summed E-state index contributed by atoms with van der Waals surface area (Å²) in [5, 5.41) is 18.8. The van der Waals surface area contributed by atoms with Crippen LogP contribution >= 0.6 is 0 Å². The molecule has 0 bridgehead atoms. The Kier molecular flexibility index (Phi) is 12.8. The molecule has 0 radical (unpaired) electrons. The third-order valence-corrected chi connectivity index (χ3v) is 2.37. The molecule has 0 amide bonds. The highest BCUT2D eigenvalue weighted by Crippen LogP contribution is 2.24. The van der Waals surface area contributed by atoms with Crippen molar-refractivity contribution in [1.29, 1.82) is 0 Å². The molecule has 0 spiro atoms. The third kappa shape index (κ3) is 43.3. The predicted octanol–water partition coefficient (Wildman–Crippen LogP) is -0.0714. The van der Waals surface area contributed by atoms with Crippen molar-refractivity contribution in [3.05, 3.63) is 12.2 Å². The fourth-order valence-corrected chi connectivity index (χ4v) is 3.01. The van der Waals surface area contributed by atoms with Gasteiger partial charge in [0.25, 0.3) is 0 Å². The van der Waals surface area contributed by atoms with Gasteiger partial charge in [-0.05, 0) is 50.7 Å². The van der Waals surface area contributed by atoms with Crippen LogP contribution in [-0.2, 0) is 9.59 Å². The summed E-state index contributed by atoms with van der Waals surface area (Å²) in [6.45, 7) is 22.2. The number of aliphatic carboxylic acids is 2. The van der Waals surface area contributed by atoms with Gasteiger partial charge in [0.15, 0.2) is 0 Å². The van der Waals surface area contributed by atoms with Gasteiger partial charge in [0.05, 0.1) is 23.0 Å². The molecule has 26 heavy (non-hydrogen) atoms. The Balaban J connectivity index is -0.000000306. The number of hydrogen-bond acceptors (Lipinski definition) is 4. The van der Waals surface area contributed by atoms with Gasteiger partial charge in [0.1, 0.15) is 0 Å². The van der Waals surface area contributed by atoms with Gasteiger partial charge in [0, 0.05) is 12.8 Å². The lowest BCUT2D eigenvalue weighted by Gasteiger charge is -2.25. The Labute approximate surface area is 160 Å². The van der Waals surface area contributed by atoms with Gasteiger partial charge < -0.3 is 31.3 Å². The fraction of sp³-hybridized carbons (Fsp3) is 0.800. The number of carbonyl (C=O) groups excluding carboxylic acids is 2. The zero-order chi connectivity index (χ0) is 22.0. The summed E-state index contributed by atoms with van der Waals surface area (Å²) in [7, 11) is 0. The molecule has 6 heteroatoms. The van der Waals surface area contributed by atoms with Crippen LogP contribution in [0.15, 0.2) is 12.2 Å². The number of carbonyl (C=O) groups is 2. The molecular formula is C20H42N2O4. The van der Waals surface area contributed by atoms with Crippen LogP contribution in [-0.4, -0.2) is 23.0 Å². The number of hydrogen-bond donors (Lipinski definition) is 2. The molecule has 0 aromatic rings. The van der Waals surface area contributed by atoms with Crippen LogP contribution in [0, 0.1) is 10.8 Å². The zero-order valence-corrected chi connectivity index (χ0v) is 18.6. The summed E-state index contributed by atoms with van der Waals surface area (Å²) in [6.07, 6.45) is 3.13. The Hall–Kier alpha value is -1.40. The van der Waals surface area contributed by atoms with Gasteiger partial charge in [-0.3, -0.25) is 0 Å². The van der Waals surface area contributed by atoms with Crippen LogP contribution in [0.1, 0.15) is 82.1 Å². The first-order valence-corrected chi connectivity index (χ1v) is 8.85. The summed E-state index contributed by atoms with van der Waals surface area (Å²) < 4.78 is 0. The minimum Gasteiger partial charge on any atom is -0.545 e. The van der Waals surface area contributed by atoms with E-state index < -0.39 is 11.9 Å². The van der Waals surface area contributed by atoms with Crippen molar-refractivity contribution >= 4 is 11.9 Å². The molecule has 0 aliphatic rings. The summed E-state index contributed by atoms with van der Waals surface area (Å²) >= 11 is 0. The topological polar surface area (TPSA) is 136 Å². The standard InChI is InChI=1S/2C8H19N.C4H4O4/c2*1-7(2,3)6-8(4,5)9;5-3(6)1-2-4(7)8/h2*6,9H2,1-5H3;1-2H,(H,5,6)(H,7,8)/b;;2-1+. The zero-order valence-electron chi connectivity index (χ0n) is 18.6. The molecular weight excluding hydrogens is 332 g/mol. The maximum absolute atomic E-state index is 9.41. The molecule has 0 aliphatic heterocycles. The lowest BCUT2D eigenvalue weighted by atomic mass is 9.82. The quantitative estimate of drug-likeness (QED) is 0.666. The van der Waals surface area contributed by atoms with Gasteiger partial charge in [0.2, 0.25) is 0 Å². The molecule has 0 aliphatic carbocycles. The molecule has 6 nitrogen and oxygen atoms in total. The second-order valence-electron chi connectivity index (χ2n) is 10.8. The Morgan fingerprint density at radius 1 is 0.654 bits per heavy atom. The van der Waals surface area contributed by atoms with E-state index in [4.69, 9.17) is 0 Å². The van der Waals surface area contributed by atoms with Crippen molar-refractivity contribution < 1.29 is 31.3 Å². The van der Waals surface area contributed by atoms with E-state index >= 15 is 0 Å². The van der Waals surface area contributed by atoms with E-state index in [-0.39, 0.29) is 11.1 Å². The van der Waals surface area contributed by atoms with Crippen LogP contribution < -0.4 is 21.7 Å². The summed E-state index contributed by atoms with van der Waals surface area (Å²) in [5.74, 6) is -3.09. The molecule has 0 rings (SSSR count). The van der Waals surface area contributed by atoms with Gasteiger partial charge in [-0.2, -0.15) is 0 Å². The van der Waals surface area contributed by atoms with E-state index in [1.165, 1.54) is 12.8 Å². The summed E-state index contributed by atoms with van der Waals surface area (Å²) in [6, 6.07) is 0. The highest BCUT2D eigenvalue weighted by molar-refractivity contribution is 5.87. The summed E-state index contributed by atoms with van der Waals surface area (Å²) in [5.41, 5.74) is 9.42. The molecule has 0 fully saturated rings. The lowest BCUT2D eigenvalue weighted by molar-refractivity contribution is -0.471. The van der Waals surface area contributed by atoms with E-state index in [1.54, 1.807) is 0 Å². The van der Waals surface area contributed by atoms with E-state index in [1.807, 2.05) is 0 Å². The molecule has 0 heterocycles. The van der Waals surface area contributed by atoms with Crippen LogP contribution in [0.2, 0.25) is 0 Å². The Morgan fingerprint density at radius 3 is 0.885 bits per heavy atom. The number of carboxylic acids is 2. The highest BCUT2D eigenvalue weighted by atomic mass is 16.4. The van der Waals surface area contributed by atoms with E-state index in [2.05, 4.69) is 80.7 Å². The maximum atomic E-state index is 9.41. The smallest absolute Gasteiger partial charge is 0.0894 e. The molecule has 156 valence electrons. The molecule has 0 atom stereocenters. The van der Waals surface area contributed by atoms with E-state index in [9.17, 15) is 19.8 Å². The van der Waals surface area contributed by atoms with Crippen LogP contribution in [0.4, 0.5) is 0 Å². The highest BCUT2D eigenvalue weighted by Gasteiger charge is 2.24. The monoisotopic (exact) mass is 374 g/mol. The molecule has 6 N–H and O–H groups in total. The lowest BCUT2D eigenvalue weighted by Crippen LogP contribution is -2.70. The summed E-state index contributed by atoms with van der Waals surface area (Å²) in [4.78, 5) is 18.8. The molecule has 0 saturated heterocycles.